The van der Waals surface area contributed by atoms with Gasteiger partial charge < -0.3 is 15.5 Å². The molecule has 5 nitrogen and oxygen atoms in total. The fourth-order valence-corrected chi connectivity index (χ4v) is 4.10. The lowest BCUT2D eigenvalue weighted by molar-refractivity contribution is 0.649. The summed E-state index contributed by atoms with van der Waals surface area (Å²) in [6.07, 6.45) is 3.94. The van der Waals surface area contributed by atoms with Gasteiger partial charge in [-0.05, 0) is 44.5 Å². The summed E-state index contributed by atoms with van der Waals surface area (Å²) in [6.45, 7) is 7.88. The van der Waals surface area contributed by atoms with Gasteiger partial charge in [-0.15, -0.1) is 35.3 Å². The highest BCUT2D eigenvalue weighted by molar-refractivity contribution is 14.0. The maximum Gasteiger partial charge on any atom is 0.191 e. The third-order valence-corrected chi connectivity index (χ3v) is 5.83. The predicted molar refractivity (Wildman–Crippen MR) is 130 cm³/mol. The minimum atomic E-state index is 0. The van der Waals surface area contributed by atoms with Gasteiger partial charge in [0, 0.05) is 59.9 Å². The number of hydrogen-bond acceptors (Lipinski definition) is 4. The van der Waals surface area contributed by atoms with Crippen molar-refractivity contribution in [2.45, 2.75) is 32.7 Å². The zero-order chi connectivity index (χ0) is 18.4. The smallest absolute Gasteiger partial charge is 0.191 e. The van der Waals surface area contributed by atoms with E-state index in [-0.39, 0.29) is 24.0 Å². The second-order valence-electron chi connectivity index (χ2n) is 6.43. The molecule has 0 bridgehead atoms. The average molecular weight is 564 g/mol. The van der Waals surface area contributed by atoms with Crippen LogP contribution in [-0.4, -0.2) is 43.2 Å². The van der Waals surface area contributed by atoms with Crippen LogP contribution in [-0.2, 0) is 6.42 Å². The van der Waals surface area contributed by atoms with Crippen LogP contribution in [0.25, 0.3) is 0 Å². The first-order chi connectivity index (χ1) is 12.6. The minimum absolute atomic E-state index is 0. The molecule has 0 aliphatic carbocycles. The standard InChI is InChI=1S/C19H26BrN5S.HI/c1-3-21-19(22-10-8-18-23-12-14(2)26-18)24-16-9-11-25(13-16)17-6-4-15(20)5-7-17;/h4-7,12,16H,3,8-11,13H2,1-2H3,(H2,21,22,24);1H. The Labute approximate surface area is 191 Å². The highest BCUT2D eigenvalue weighted by atomic mass is 127. The summed E-state index contributed by atoms with van der Waals surface area (Å²) >= 11 is 5.25. The number of aromatic nitrogens is 1. The van der Waals surface area contributed by atoms with Gasteiger partial charge in [0.25, 0.3) is 0 Å². The number of benzene rings is 1. The lowest BCUT2D eigenvalue weighted by Crippen LogP contribution is -2.44. The molecule has 1 aliphatic rings. The Morgan fingerprint density at radius 2 is 2.15 bits per heavy atom. The van der Waals surface area contributed by atoms with E-state index >= 15 is 0 Å². The summed E-state index contributed by atoms with van der Waals surface area (Å²) in [5.41, 5.74) is 1.28. The zero-order valence-corrected chi connectivity index (χ0v) is 20.5. The van der Waals surface area contributed by atoms with Crippen LogP contribution < -0.4 is 15.5 Å². The van der Waals surface area contributed by atoms with Crippen molar-refractivity contribution in [3.63, 3.8) is 0 Å². The fraction of sp³-hybridized carbons (Fsp3) is 0.474. The molecule has 2 aromatic rings. The molecule has 8 heteroatoms. The molecule has 148 valence electrons. The Bertz CT molecular complexity index is 734. The maximum absolute atomic E-state index is 4.73. The van der Waals surface area contributed by atoms with Gasteiger partial charge in [-0.25, -0.2) is 4.98 Å². The van der Waals surface area contributed by atoms with E-state index in [4.69, 9.17) is 4.99 Å². The number of thiazole rings is 1. The molecule has 0 saturated carbocycles. The zero-order valence-electron chi connectivity index (χ0n) is 15.7. The highest BCUT2D eigenvalue weighted by Gasteiger charge is 2.23. The summed E-state index contributed by atoms with van der Waals surface area (Å²) in [5, 5.41) is 8.11. The first-order valence-electron chi connectivity index (χ1n) is 9.10. The van der Waals surface area contributed by atoms with Gasteiger partial charge in [0.1, 0.15) is 0 Å². The molecule has 27 heavy (non-hydrogen) atoms. The lowest BCUT2D eigenvalue weighted by atomic mass is 10.3. The van der Waals surface area contributed by atoms with Gasteiger partial charge in [0.05, 0.1) is 5.01 Å². The van der Waals surface area contributed by atoms with Crippen LogP contribution >= 0.6 is 51.2 Å². The van der Waals surface area contributed by atoms with Crippen molar-refractivity contribution in [2.24, 2.45) is 4.99 Å². The molecule has 1 aromatic carbocycles. The average Bonchev–Trinajstić information content (AvgIpc) is 3.25. The molecule has 1 fully saturated rings. The van der Waals surface area contributed by atoms with Crippen LogP contribution in [0.3, 0.4) is 0 Å². The number of nitrogens with zero attached hydrogens (tertiary/aromatic N) is 3. The Balaban J connectivity index is 0.00000261. The predicted octanol–water partition coefficient (Wildman–Crippen LogP) is 4.21. The lowest BCUT2D eigenvalue weighted by Gasteiger charge is -2.20. The molecule has 2 N–H and O–H groups in total. The Morgan fingerprint density at radius 1 is 1.37 bits per heavy atom. The van der Waals surface area contributed by atoms with Gasteiger partial charge in [-0.3, -0.25) is 4.99 Å². The van der Waals surface area contributed by atoms with Gasteiger partial charge >= 0.3 is 0 Å². The highest BCUT2D eigenvalue weighted by Crippen LogP contribution is 2.22. The van der Waals surface area contributed by atoms with Crippen molar-refractivity contribution in [1.29, 1.82) is 0 Å². The molecule has 0 amide bonds. The normalized spacial score (nSPS) is 16.9. The maximum atomic E-state index is 4.73. The summed E-state index contributed by atoms with van der Waals surface area (Å²) in [5.74, 6) is 0.906. The topological polar surface area (TPSA) is 52.6 Å². The summed E-state index contributed by atoms with van der Waals surface area (Å²) in [4.78, 5) is 12.8. The molecule has 0 spiro atoms. The SMILES string of the molecule is CCNC(=NCCc1ncc(C)s1)NC1CCN(c2ccc(Br)cc2)C1.I. The van der Waals surface area contributed by atoms with Crippen LogP contribution in [0.15, 0.2) is 39.9 Å². The molecular weight excluding hydrogens is 537 g/mol. The fourth-order valence-electron chi connectivity index (χ4n) is 3.06. The molecule has 1 aliphatic heterocycles. The number of nitrogens with one attached hydrogen (secondary N) is 2. The van der Waals surface area contributed by atoms with E-state index in [2.05, 4.69) is 74.6 Å². The van der Waals surface area contributed by atoms with Gasteiger partial charge in [0.15, 0.2) is 5.96 Å². The summed E-state index contributed by atoms with van der Waals surface area (Å²) in [6, 6.07) is 8.95. The number of aryl methyl sites for hydroxylation is 1. The van der Waals surface area contributed by atoms with E-state index in [0.29, 0.717) is 6.04 Å². The second-order valence-corrected chi connectivity index (χ2v) is 8.66. The summed E-state index contributed by atoms with van der Waals surface area (Å²) in [7, 11) is 0. The number of hydrogen-bond donors (Lipinski definition) is 2. The van der Waals surface area contributed by atoms with Crippen LogP contribution in [0.5, 0.6) is 0 Å². The summed E-state index contributed by atoms with van der Waals surface area (Å²) < 4.78 is 1.12. The monoisotopic (exact) mass is 563 g/mol. The molecule has 3 rings (SSSR count). The Kier molecular flexibility index (Phi) is 9.31. The van der Waals surface area contributed by atoms with E-state index in [1.54, 1.807) is 11.3 Å². The first-order valence-corrected chi connectivity index (χ1v) is 10.7. The third kappa shape index (κ3) is 6.90. The Hall–Kier alpha value is -0.870. The number of rotatable bonds is 6. The molecule has 1 unspecified atom stereocenters. The van der Waals surface area contributed by atoms with Crippen LogP contribution in [0.4, 0.5) is 5.69 Å². The van der Waals surface area contributed by atoms with Crippen molar-refractivity contribution in [1.82, 2.24) is 15.6 Å². The van der Waals surface area contributed by atoms with Crippen molar-refractivity contribution in [3.8, 4) is 0 Å². The van der Waals surface area contributed by atoms with E-state index in [1.165, 1.54) is 10.6 Å². The van der Waals surface area contributed by atoms with Crippen molar-refractivity contribution >= 4 is 62.9 Å². The van der Waals surface area contributed by atoms with E-state index < -0.39 is 0 Å². The van der Waals surface area contributed by atoms with Crippen LogP contribution in [0, 0.1) is 6.92 Å². The third-order valence-electron chi connectivity index (χ3n) is 4.33. The molecule has 1 aromatic heterocycles. The van der Waals surface area contributed by atoms with Gasteiger partial charge in [-0.1, -0.05) is 15.9 Å². The van der Waals surface area contributed by atoms with E-state index in [0.717, 1.165) is 54.5 Å². The van der Waals surface area contributed by atoms with Crippen molar-refractivity contribution < 1.29 is 0 Å². The first kappa shape index (κ1) is 22.4. The van der Waals surface area contributed by atoms with Crippen molar-refractivity contribution in [3.05, 3.63) is 44.8 Å². The molecule has 1 atom stereocenters. The van der Waals surface area contributed by atoms with Crippen LogP contribution in [0.1, 0.15) is 23.2 Å². The number of aliphatic imine (C=N–C) groups is 1. The van der Waals surface area contributed by atoms with E-state index in [1.807, 2.05) is 6.20 Å². The molecule has 2 heterocycles. The number of anilines is 1. The molecule has 1 saturated heterocycles. The second kappa shape index (κ2) is 11.2. The van der Waals surface area contributed by atoms with Crippen LogP contribution in [0.2, 0.25) is 0 Å². The number of halogens is 2. The Morgan fingerprint density at radius 3 is 2.81 bits per heavy atom. The molecule has 0 radical (unpaired) electrons. The quantitative estimate of drug-likeness (QED) is 0.314. The number of guanidine groups is 1. The van der Waals surface area contributed by atoms with E-state index in [9.17, 15) is 0 Å². The molecular formula is C19H27BrIN5S. The van der Waals surface area contributed by atoms with Crippen molar-refractivity contribution in [2.75, 3.05) is 31.1 Å². The van der Waals surface area contributed by atoms with Gasteiger partial charge in [0.2, 0.25) is 0 Å². The largest absolute Gasteiger partial charge is 0.369 e. The minimum Gasteiger partial charge on any atom is -0.369 e. The van der Waals surface area contributed by atoms with Gasteiger partial charge in [-0.2, -0.15) is 0 Å².